The van der Waals surface area contributed by atoms with Gasteiger partial charge in [0.25, 0.3) is 0 Å². The summed E-state index contributed by atoms with van der Waals surface area (Å²) in [6.07, 6.45) is 3.31. The third-order valence-corrected chi connectivity index (χ3v) is 6.19. The van der Waals surface area contributed by atoms with Gasteiger partial charge in [-0.1, -0.05) is 13.8 Å². The van der Waals surface area contributed by atoms with Gasteiger partial charge >= 0.3 is 0 Å². The van der Waals surface area contributed by atoms with Crippen molar-refractivity contribution in [3.05, 3.63) is 23.3 Å². The molecule has 2 heterocycles. The molecule has 172 valence electrons. The molecule has 3 rings (SSSR count). The van der Waals surface area contributed by atoms with Crippen LogP contribution in [0.2, 0.25) is 0 Å². The fourth-order valence-corrected chi connectivity index (χ4v) is 4.39. The summed E-state index contributed by atoms with van der Waals surface area (Å²) in [5.41, 5.74) is 2.71. The number of amides is 1. The van der Waals surface area contributed by atoms with Crippen molar-refractivity contribution >= 4 is 11.9 Å². The lowest BCUT2D eigenvalue weighted by Gasteiger charge is -2.29. The summed E-state index contributed by atoms with van der Waals surface area (Å²) >= 11 is 0. The molecule has 0 saturated carbocycles. The van der Waals surface area contributed by atoms with Gasteiger partial charge in [-0.3, -0.25) is 9.79 Å². The van der Waals surface area contributed by atoms with E-state index < -0.39 is 0 Å². The highest BCUT2D eigenvalue weighted by Gasteiger charge is 2.30. The molecule has 0 aliphatic carbocycles. The average molecular weight is 431 g/mol. The fourth-order valence-electron chi connectivity index (χ4n) is 4.39. The number of guanidine groups is 1. The third kappa shape index (κ3) is 5.83. The van der Waals surface area contributed by atoms with Crippen molar-refractivity contribution in [3.8, 4) is 11.5 Å². The molecule has 0 atom stereocenters. The topological polar surface area (TPSA) is 66.4 Å². The zero-order valence-corrected chi connectivity index (χ0v) is 19.8. The maximum absolute atomic E-state index is 12.8. The van der Waals surface area contributed by atoms with Crippen molar-refractivity contribution in [1.82, 2.24) is 15.1 Å². The molecule has 0 aromatic heterocycles. The van der Waals surface area contributed by atoms with E-state index in [1.807, 2.05) is 17.0 Å². The standard InChI is InChI=1S/C24H38N4O3/c1-6-25-23(28-13-10-24(2,3)17-28)26-11-7-8-22(29)27-12-9-18-14-20(30-4)21(31-5)15-19(18)16-27/h14-15H,6-13,16-17H2,1-5H3,(H,25,26). The first-order valence-corrected chi connectivity index (χ1v) is 11.4. The Morgan fingerprint density at radius 2 is 1.84 bits per heavy atom. The Labute approximate surface area is 186 Å². The van der Waals surface area contributed by atoms with Crippen molar-refractivity contribution in [2.75, 3.05) is 46.9 Å². The summed E-state index contributed by atoms with van der Waals surface area (Å²) in [4.78, 5) is 21.9. The summed E-state index contributed by atoms with van der Waals surface area (Å²) in [5, 5.41) is 3.40. The summed E-state index contributed by atoms with van der Waals surface area (Å²) in [6.45, 7) is 11.7. The molecule has 1 amide bonds. The minimum atomic E-state index is 0.197. The molecule has 1 saturated heterocycles. The number of methoxy groups -OCH3 is 2. The first-order valence-electron chi connectivity index (χ1n) is 11.4. The second-order valence-electron chi connectivity index (χ2n) is 9.22. The largest absolute Gasteiger partial charge is 0.493 e. The number of hydrogen-bond acceptors (Lipinski definition) is 4. The lowest BCUT2D eigenvalue weighted by atomic mass is 9.93. The van der Waals surface area contributed by atoms with Crippen LogP contribution in [0.3, 0.4) is 0 Å². The zero-order chi connectivity index (χ0) is 22.4. The van der Waals surface area contributed by atoms with E-state index in [1.165, 1.54) is 12.0 Å². The van der Waals surface area contributed by atoms with Crippen molar-refractivity contribution in [3.63, 3.8) is 0 Å². The maximum atomic E-state index is 12.8. The normalized spacial score (nSPS) is 18.0. The van der Waals surface area contributed by atoms with Gasteiger partial charge in [0.2, 0.25) is 5.91 Å². The summed E-state index contributed by atoms with van der Waals surface area (Å²) in [7, 11) is 3.29. The average Bonchev–Trinajstić information content (AvgIpc) is 3.13. The predicted molar refractivity (Wildman–Crippen MR) is 124 cm³/mol. The first kappa shape index (κ1) is 23.2. The first-order chi connectivity index (χ1) is 14.9. The molecule has 0 spiro atoms. The Bertz CT molecular complexity index is 806. The zero-order valence-electron chi connectivity index (χ0n) is 19.8. The molecule has 1 N–H and O–H groups in total. The minimum absolute atomic E-state index is 0.197. The fraction of sp³-hybridized carbons (Fsp3) is 0.667. The number of fused-ring (bicyclic) bond motifs is 1. The van der Waals surface area contributed by atoms with E-state index in [9.17, 15) is 4.79 Å². The number of carbonyl (C=O) groups excluding carboxylic acids is 1. The number of hydrogen-bond donors (Lipinski definition) is 1. The number of nitrogens with one attached hydrogen (secondary N) is 1. The van der Waals surface area contributed by atoms with E-state index in [-0.39, 0.29) is 5.91 Å². The van der Waals surface area contributed by atoms with Gasteiger partial charge in [0.1, 0.15) is 0 Å². The molecule has 0 unspecified atom stereocenters. The van der Waals surface area contributed by atoms with E-state index >= 15 is 0 Å². The highest BCUT2D eigenvalue weighted by molar-refractivity contribution is 5.80. The number of nitrogens with zero attached hydrogens (tertiary/aromatic N) is 3. The van der Waals surface area contributed by atoms with Crippen LogP contribution < -0.4 is 14.8 Å². The van der Waals surface area contributed by atoms with Crippen molar-refractivity contribution < 1.29 is 14.3 Å². The molecular formula is C24H38N4O3. The van der Waals surface area contributed by atoms with Crippen LogP contribution in [-0.2, 0) is 17.8 Å². The van der Waals surface area contributed by atoms with Gasteiger partial charge in [0, 0.05) is 45.7 Å². The SMILES string of the molecule is CCNC(=NCCCC(=O)N1CCc2cc(OC)c(OC)cc2C1)N1CCC(C)(C)C1. The molecule has 1 aromatic rings. The number of carbonyl (C=O) groups is 1. The molecule has 2 aliphatic rings. The van der Waals surface area contributed by atoms with Crippen LogP contribution in [0.25, 0.3) is 0 Å². The van der Waals surface area contributed by atoms with Crippen LogP contribution in [0, 0.1) is 5.41 Å². The Morgan fingerprint density at radius 1 is 1.13 bits per heavy atom. The number of benzene rings is 1. The molecule has 0 radical (unpaired) electrons. The van der Waals surface area contributed by atoms with Gasteiger partial charge < -0.3 is 24.6 Å². The van der Waals surface area contributed by atoms with Gasteiger partial charge in [-0.25, -0.2) is 0 Å². The Hall–Kier alpha value is -2.44. The van der Waals surface area contributed by atoms with Crippen molar-refractivity contribution in [1.29, 1.82) is 0 Å². The van der Waals surface area contributed by atoms with Gasteiger partial charge in [-0.15, -0.1) is 0 Å². The second-order valence-corrected chi connectivity index (χ2v) is 9.22. The Morgan fingerprint density at radius 3 is 2.45 bits per heavy atom. The molecule has 31 heavy (non-hydrogen) atoms. The second kappa shape index (κ2) is 10.2. The smallest absolute Gasteiger partial charge is 0.222 e. The minimum Gasteiger partial charge on any atom is -0.493 e. The van der Waals surface area contributed by atoms with Crippen LogP contribution in [0.1, 0.15) is 51.2 Å². The Balaban J connectivity index is 1.52. The van der Waals surface area contributed by atoms with Gasteiger partial charge in [0.15, 0.2) is 17.5 Å². The quantitative estimate of drug-likeness (QED) is 0.409. The van der Waals surface area contributed by atoms with Gasteiger partial charge in [-0.05, 0) is 54.9 Å². The molecule has 1 aromatic carbocycles. The third-order valence-electron chi connectivity index (χ3n) is 6.19. The number of rotatable bonds is 7. The van der Waals surface area contributed by atoms with Crippen molar-refractivity contribution in [2.45, 2.75) is 53.0 Å². The van der Waals surface area contributed by atoms with E-state index in [0.29, 0.717) is 30.7 Å². The monoisotopic (exact) mass is 430 g/mol. The lowest BCUT2D eigenvalue weighted by molar-refractivity contribution is -0.132. The van der Waals surface area contributed by atoms with Crippen LogP contribution in [0.5, 0.6) is 11.5 Å². The van der Waals surface area contributed by atoms with Crippen LogP contribution in [0.4, 0.5) is 0 Å². The Kier molecular flexibility index (Phi) is 7.68. The van der Waals surface area contributed by atoms with E-state index in [4.69, 9.17) is 14.5 Å². The summed E-state index contributed by atoms with van der Waals surface area (Å²) in [6, 6.07) is 4.03. The highest BCUT2D eigenvalue weighted by Crippen LogP contribution is 2.33. The molecule has 2 aliphatic heterocycles. The lowest BCUT2D eigenvalue weighted by Crippen LogP contribution is -2.40. The summed E-state index contributed by atoms with van der Waals surface area (Å²) in [5.74, 6) is 2.64. The predicted octanol–water partition coefficient (Wildman–Crippen LogP) is 3.07. The molecule has 7 nitrogen and oxygen atoms in total. The molecule has 0 bridgehead atoms. The number of aliphatic imine (C=N–C) groups is 1. The molecule has 7 heteroatoms. The van der Waals surface area contributed by atoms with Crippen molar-refractivity contribution in [2.24, 2.45) is 10.4 Å². The van der Waals surface area contributed by atoms with E-state index in [1.54, 1.807) is 14.2 Å². The summed E-state index contributed by atoms with van der Waals surface area (Å²) < 4.78 is 10.8. The van der Waals surface area contributed by atoms with E-state index in [0.717, 1.165) is 56.3 Å². The van der Waals surface area contributed by atoms with Crippen LogP contribution in [-0.4, -0.2) is 68.6 Å². The number of likely N-dealkylation sites (tertiary alicyclic amines) is 1. The van der Waals surface area contributed by atoms with Crippen LogP contribution in [0.15, 0.2) is 17.1 Å². The van der Waals surface area contributed by atoms with Gasteiger partial charge in [0.05, 0.1) is 14.2 Å². The molecule has 1 fully saturated rings. The highest BCUT2D eigenvalue weighted by atomic mass is 16.5. The number of ether oxygens (including phenoxy) is 2. The molecular weight excluding hydrogens is 392 g/mol. The van der Waals surface area contributed by atoms with E-state index in [2.05, 4.69) is 31.0 Å². The van der Waals surface area contributed by atoms with Crippen LogP contribution >= 0.6 is 0 Å². The van der Waals surface area contributed by atoms with Gasteiger partial charge in [-0.2, -0.15) is 0 Å². The maximum Gasteiger partial charge on any atom is 0.222 e.